The van der Waals surface area contributed by atoms with Crippen molar-refractivity contribution in [1.29, 1.82) is 0 Å². The Labute approximate surface area is 194 Å². The third-order valence-corrected chi connectivity index (χ3v) is 6.15. The van der Waals surface area contributed by atoms with Gasteiger partial charge in [0.05, 0.1) is 35.4 Å². The summed E-state index contributed by atoms with van der Waals surface area (Å²) in [6, 6.07) is 12.9. The van der Waals surface area contributed by atoms with Gasteiger partial charge in [0.25, 0.3) is 5.91 Å². The first-order valence-electron chi connectivity index (χ1n) is 11.0. The molecule has 2 aromatic carbocycles. The highest BCUT2D eigenvalue weighted by atomic mass is 16.5. The number of ketones is 1. The van der Waals surface area contributed by atoms with Crippen LogP contribution in [0.2, 0.25) is 0 Å². The Balaban J connectivity index is 1.59. The van der Waals surface area contributed by atoms with Gasteiger partial charge in [0.15, 0.2) is 5.78 Å². The summed E-state index contributed by atoms with van der Waals surface area (Å²) in [5.74, 6) is 0.770. The number of nitrogens with two attached hydrogens (primary N) is 1. The van der Waals surface area contributed by atoms with Crippen LogP contribution in [0.3, 0.4) is 0 Å². The molecule has 7 heteroatoms. The molecule has 2 N–H and O–H groups in total. The lowest BCUT2D eigenvalue weighted by molar-refractivity contribution is 0.0784. The van der Waals surface area contributed by atoms with Crippen molar-refractivity contribution in [3.05, 3.63) is 70.5 Å². The van der Waals surface area contributed by atoms with Crippen molar-refractivity contribution < 1.29 is 14.3 Å². The van der Waals surface area contributed by atoms with Crippen molar-refractivity contribution >= 4 is 17.4 Å². The van der Waals surface area contributed by atoms with E-state index in [0.717, 1.165) is 23.4 Å². The Morgan fingerprint density at radius 3 is 2.52 bits per heavy atom. The van der Waals surface area contributed by atoms with E-state index in [0.29, 0.717) is 41.2 Å². The van der Waals surface area contributed by atoms with E-state index >= 15 is 0 Å². The molecule has 4 rings (SSSR count). The SMILES string of the molecule is COc1ccc(CN(C)C(=O)c2ccc(-n3nc(C)c4c3CC(C)(C)CC4=O)c(N)c2)cc1. The van der Waals surface area contributed by atoms with Gasteiger partial charge in [0.1, 0.15) is 5.75 Å². The summed E-state index contributed by atoms with van der Waals surface area (Å²) in [4.78, 5) is 27.4. The normalized spacial score (nSPS) is 14.6. The fourth-order valence-corrected chi connectivity index (χ4v) is 4.52. The van der Waals surface area contributed by atoms with Crippen LogP contribution in [0.15, 0.2) is 42.5 Å². The Kier molecular flexibility index (Phi) is 5.74. The third kappa shape index (κ3) is 4.35. The number of benzene rings is 2. The molecule has 7 nitrogen and oxygen atoms in total. The van der Waals surface area contributed by atoms with E-state index in [-0.39, 0.29) is 17.1 Å². The molecular weight excluding hydrogens is 416 g/mol. The first-order valence-corrected chi connectivity index (χ1v) is 11.0. The number of nitrogens with zero attached hydrogens (tertiary/aromatic N) is 3. The highest BCUT2D eigenvalue weighted by Crippen LogP contribution is 2.37. The zero-order chi connectivity index (χ0) is 23.9. The lowest BCUT2D eigenvalue weighted by atomic mass is 9.75. The van der Waals surface area contributed by atoms with E-state index in [2.05, 4.69) is 18.9 Å². The van der Waals surface area contributed by atoms with E-state index in [9.17, 15) is 9.59 Å². The number of fused-ring (bicyclic) bond motifs is 1. The number of nitrogen functional groups attached to an aromatic ring is 1. The van der Waals surface area contributed by atoms with Gasteiger partial charge in [-0.1, -0.05) is 26.0 Å². The first kappa shape index (κ1) is 22.6. The predicted octanol–water partition coefficient (Wildman–Crippen LogP) is 4.20. The van der Waals surface area contributed by atoms with Crippen LogP contribution in [0.1, 0.15) is 57.9 Å². The highest BCUT2D eigenvalue weighted by Gasteiger charge is 2.36. The standard InChI is InChI=1S/C26H30N4O3/c1-16-24-22(13-26(2,3)14-23(24)31)30(28-16)21-11-8-18(12-20(21)27)25(32)29(4)15-17-6-9-19(33-5)10-7-17/h6-12H,13-15,27H2,1-5H3. The topological polar surface area (TPSA) is 90.5 Å². The average molecular weight is 447 g/mol. The van der Waals surface area contributed by atoms with Gasteiger partial charge in [-0.3, -0.25) is 9.59 Å². The number of methoxy groups -OCH3 is 1. The number of hydrogen-bond acceptors (Lipinski definition) is 5. The van der Waals surface area contributed by atoms with Crippen molar-refractivity contribution in [2.24, 2.45) is 5.41 Å². The van der Waals surface area contributed by atoms with Crippen molar-refractivity contribution in [3.8, 4) is 11.4 Å². The van der Waals surface area contributed by atoms with Crippen molar-refractivity contribution in [3.63, 3.8) is 0 Å². The lowest BCUT2D eigenvalue weighted by Crippen LogP contribution is -2.28. The van der Waals surface area contributed by atoms with Crippen LogP contribution in [0.4, 0.5) is 5.69 Å². The van der Waals surface area contributed by atoms with Crippen LogP contribution >= 0.6 is 0 Å². The second-order valence-corrected chi connectivity index (χ2v) is 9.54. The minimum absolute atomic E-state index is 0.121. The average Bonchev–Trinajstić information content (AvgIpc) is 3.08. The maximum atomic E-state index is 13.0. The maximum absolute atomic E-state index is 13.0. The fraction of sp³-hybridized carbons (Fsp3) is 0.346. The first-order chi connectivity index (χ1) is 15.6. The van der Waals surface area contributed by atoms with Gasteiger partial charge in [-0.15, -0.1) is 0 Å². The molecule has 0 saturated heterocycles. The number of hydrogen-bond donors (Lipinski definition) is 1. The number of aromatic nitrogens is 2. The summed E-state index contributed by atoms with van der Waals surface area (Å²) in [5.41, 5.74) is 11.2. The quantitative estimate of drug-likeness (QED) is 0.593. The Morgan fingerprint density at radius 1 is 1.18 bits per heavy atom. The van der Waals surface area contributed by atoms with Crippen LogP contribution in [-0.4, -0.2) is 40.5 Å². The molecule has 0 aliphatic heterocycles. The minimum Gasteiger partial charge on any atom is -0.497 e. The van der Waals surface area contributed by atoms with Crippen molar-refractivity contribution in [1.82, 2.24) is 14.7 Å². The minimum atomic E-state index is -0.136. The number of aryl methyl sites for hydroxylation is 1. The van der Waals surface area contributed by atoms with E-state index in [1.165, 1.54) is 0 Å². The summed E-state index contributed by atoms with van der Waals surface area (Å²) < 4.78 is 6.96. The number of amides is 1. The molecule has 3 aromatic rings. The maximum Gasteiger partial charge on any atom is 0.253 e. The zero-order valence-electron chi connectivity index (χ0n) is 19.8. The number of ether oxygens (including phenoxy) is 1. The van der Waals surface area contributed by atoms with E-state index in [4.69, 9.17) is 10.5 Å². The number of anilines is 1. The molecule has 0 bridgehead atoms. The Morgan fingerprint density at radius 2 is 1.88 bits per heavy atom. The second kappa shape index (κ2) is 8.39. The molecule has 33 heavy (non-hydrogen) atoms. The summed E-state index contributed by atoms with van der Waals surface area (Å²) in [6.07, 6.45) is 1.25. The van der Waals surface area contributed by atoms with Gasteiger partial charge in [-0.05, 0) is 54.7 Å². The number of carbonyl (C=O) groups is 2. The number of Topliss-reactive ketones (excluding diaryl/α,β-unsaturated/α-hetero) is 1. The molecule has 0 saturated carbocycles. The molecule has 1 aromatic heterocycles. The van der Waals surface area contributed by atoms with Gasteiger partial charge in [0, 0.05) is 25.6 Å². The molecule has 0 fully saturated rings. The summed E-state index contributed by atoms with van der Waals surface area (Å²) in [6.45, 7) is 6.50. The predicted molar refractivity (Wildman–Crippen MR) is 128 cm³/mol. The van der Waals surface area contributed by atoms with Gasteiger partial charge < -0.3 is 15.4 Å². The highest BCUT2D eigenvalue weighted by molar-refractivity contribution is 6.00. The Hall–Kier alpha value is -3.61. The van der Waals surface area contributed by atoms with E-state index in [1.807, 2.05) is 37.3 Å². The van der Waals surface area contributed by atoms with E-state index < -0.39 is 0 Å². The number of rotatable bonds is 5. The van der Waals surface area contributed by atoms with Gasteiger partial charge in [-0.2, -0.15) is 5.10 Å². The van der Waals surface area contributed by atoms with E-state index in [1.54, 1.807) is 35.9 Å². The molecule has 172 valence electrons. The summed E-state index contributed by atoms with van der Waals surface area (Å²) >= 11 is 0. The van der Waals surface area contributed by atoms with Gasteiger partial charge in [0.2, 0.25) is 0 Å². The number of carbonyl (C=O) groups excluding carboxylic acids is 2. The second-order valence-electron chi connectivity index (χ2n) is 9.54. The molecule has 1 amide bonds. The van der Waals surface area contributed by atoms with Crippen LogP contribution in [-0.2, 0) is 13.0 Å². The summed E-state index contributed by atoms with van der Waals surface area (Å²) in [5, 5.41) is 4.63. The molecule has 0 atom stereocenters. The van der Waals surface area contributed by atoms with Gasteiger partial charge >= 0.3 is 0 Å². The molecule has 0 spiro atoms. The van der Waals surface area contributed by atoms with Crippen molar-refractivity contribution in [2.45, 2.75) is 40.2 Å². The lowest BCUT2D eigenvalue weighted by Gasteiger charge is -2.29. The fourth-order valence-electron chi connectivity index (χ4n) is 4.52. The van der Waals surface area contributed by atoms with Crippen LogP contribution in [0.5, 0.6) is 5.75 Å². The monoisotopic (exact) mass is 446 g/mol. The smallest absolute Gasteiger partial charge is 0.253 e. The molecule has 0 radical (unpaired) electrons. The zero-order valence-corrected chi connectivity index (χ0v) is 19.8. The molecule has 1 heterocycles. The third-order valence-electron chi connectivity index (χ3n) is 6.15. The van der Waals surface area contributed by atoms with Crippen molar-refractivity contribution in [2.75, 3.05) is 19.9 Å². The van der Waals surface area contributed by atoms with Crippen LogP contribution in [0, 0.1) is 12.3 Å². The van der Waals surface area contributed by atoms with Crippen LogP contribution < -0.4 is 10.5 Å². The molecule has 1 aliphatic carbocycles. The summed E-state index contributed by atoms with van der Waals surface area (Å²) in [7, 11) is 3.38. The van der Waals surface area contributed by atoms with Gasteiger partial charge in [-0.25, -0.2) is 4.68 Å². The molecule has 1 aliphatic rings. The largest absolute Gasteiger partial charge is 0.497 e. The molecule has 0 unspecified atom stereocenters. The molecular formula is C26H30N4O3. The Bertz CT molecular complexity index is 1230. The van der Waals surface area contributed by atoms with Crippen LogP contribution in [0.25, 0.3) is 5.69 Å².